The Hall–Kier alpha value is -2.91. The van der Waals surface area contributed by atoms with Crippen LogP contribution in [-0.2, 0) is 21.2 Å². The fraction of sp³-hybridized carbons (Fsp3) is 0.417. The standard InChI is InChI=1S/C24H28N2O6S/c1-31-22-10-8-19(33(29,30)25-12-5-3-4-6-13-25)16-20(22)23(27)26-14-11-17-15-18(24(28)32-2)7-9-21(17)26/h7-10,15-16H,3-6,11-14H2,1-2H3. The number of ether oxygens (including phenoxy) is 2. The van der Waals surface area contributed by atoms with Crippen molar-refractivity contribution in [2.75, 3.05) is 38.8 Å². The van der Waals surface area contributed by atoms with Gasteiger partial charge in [-0.1, -0.05) is 12.8 Å². The van der Waals surface area contributed by atoms with Crippen molar-refractivity contribution in [2.45, 2.75) is 37.0 Å². The number of amides is 1. The van der Waals surface area contributed by atoms with E-state index in [-0.39, 0.29) is 16.4 Å². The molecule has 1 saturated heterocycles. The smallest absolute Gasteiger partial charge is 0.337 e. The lowest BCUT2D eigenvalue weighted by Crippen LogP contribution is -2.33. The van der Waals surface area contributed by atoms with Crippen molar-refractivity contribution in [3.8, 4) is 5.75 Å². The number of carbonyl (C=O) groups excluding carboxylic acids is 2. The lowest BCUT2D eigenvalue weighted by Gasteiger charge is -2.22. The number of nitrogens with zero attached hydrogens (tertiary/aromatic N) is 2. The minimum atomic E-state index is -3.71. The predicted molar refractivity (Wildman–Crippen MR) is 123 cm³/mol. The molecule has 2 aliphatic rings. The van der Waals surface area contributed by atoms with Crippen molar-refractivity contribution >= 4 is 27.6 Å². The highest BCUT2D eigenvalue weighted by Gasteiger charge is 2.31. The van der Waals surface area contributed by atoms with Crippen LogP contribution in [0.15, 0.2) is 41.3 Å². The van der Waals surface area contributed by atoms with Crippen molar-refractivity contribution in [1.82, 2.24) is 4.31 Å². The summed E-state index contributed by atoms with van der Waals surface area (Å²) in [6, 6.07) is 9.52. The van der Waals surface area contributed by atoms with E-state index in [1.807, 2.05) is 0 Å². The normalized spacial score (nSPS) is 16.7. The van der Waals surface area contributed by atoms with Crippen LogP contribution in [0, 0.1) is 0 Å². The summed E-state index contributed by atoms with van der Waals surface area (Å²) in [7, 11) is -0.935. The number of benzene rings is 2. The van der Waals surface area contributed by atoms with E-state index in [9.17, 15) is 18.0 Å². The Morgan fingerprint density at radius 2 is 1.64 bits per heavy atom. The number of carbonyl (C=O) groups is 2. The Balaban J connectivity index is 1.67. The molecule has 0 saturated carbocycles. The third-order valence-corrected chi connectivity index (χ3v) is 8.14. The Kier molecular flexibility index (Phi) is 6.71. The number of anilines is 1. The zero-order chi connectivity index (χ0) is 23.6. The van der Waals surface area contributed by atoms with Crippen molar-refractivity contribution in [1.29, 1.82) is 0 Å². The second-order valence-corrected chi connectivity index (χ2v) is 10.2. The number of hydrogen-bond acceptors (Lipinski definition) is 6. The first-order chi connectivity index (χ1) is 15.9. The van der Waals surface area contributed by atoms with E-state index < -0.39 is 16.0 Å². The van der Waals surface area contributed by atoms with E-state index in [0.717, 1.165) is 31.2 Å². The summed E-state index contributed by atoms with van der Waals surface area (Å²) in [5, 5.41) is 0. The van der Waals surface area contributed by atoms with Gasteiger partial charge in [-0.05, 0) is 61.2 Å². The summed E-state index contributed by atoms with van der Waals surface area (Å²) >= 11 is 0. The lowest BCUT2D eigenvalue weighted by atomic mass is 10.1. The zero-order valence-corrected chi connectivity index (χ0v) is 19.7. The van der Waals surface area contributed by atoms with E-state index in [4.69, 9.17) is 9.47 Å². The third kappa shape index (κ3) is 4.47. The average molecular weight is 473 g/mol. The Bertz CT molecular complexity index is 1170. The molecule has 0 aromatic heterocycles. The molecule has 0 atom stereocenters. The second kappa shape index (κ2) is 9.52. The molecule has 1 amide bonds. The maximum absolute atomic E-state index is 13.5. The van der Waals surface area contributed by atoms with Gasteiger partial charge in [-0.25, -0.2) is 13.2 Å². The summed E-state index contributed by atoms with van der Waals surface area (Å²) in [4.78, 5) is 27.0. The van der Waals surface area contributed by atoms with Crippen molar-refractivity contribution in [3.05, 3.63) is 53.1 Å². The quantitative estimate of drug-likeness (QED) is 0.620. The van der Waals surface area contributed by atoms with Crippen molar-refractivity contribution < 1.29 is 27.5 Å². The lowest BCUT2D eigenvalue weighted by molar-refractivity contribution is 0.0600. The van der Waals surface area contributed by atoms with E-state index in [0.29, 0.717) is 43.1 Å². The molecule has 4 rings (SSSR count). The van der Waals surface area contributed by atoms with Crippen LogP contribution in [0.5, 0.6) is 5.75 Å². The molecule has 9 heteroatoms. The number of methoxy groups -OCH3 is 2. The molecule has 2 heterocycles. The van der Waals surface area contributed by atoms with Gasteiger partial charge in [0.25, 0.3) is 5.91 Å². The molecule has 0 spiro atoms. The molecule has 33 heavy (non-hydrogen) atoms. The maximum atomic E-state index is 13.5. The summed E-state index contributed by atoms with van der Waals surface area (Å²) in [6.07, 6.45) is 4.29. The largest absolute Gasteiger partial charge is 0.496 e. The van der Waals surface area contributed by atoms with Gasteiger partial charge in [0.2, 0.25) is 10.0 Å². The molecule has 8 nitrogen and oxygen atoms in total. The van der Waals surface area contributed by atoms with Crippen LogP contribution in [0.3, 0.4) is 0 Å². The molecule has 0 aliphatic carbocycles. The van der Waals surface area contributed by atoms with Crippen LogP contribution in [-0.4, -0.2) is 58.5 Å². The van der Waals surface area contributed by atoms with Gasteiger partial charge >= 0.3 is 5.97 Å². The van der Waals surface area contributed by atoms with Gasteiger partial charge in [-0.15, -0.1) is 0 Å². The van der Waals surface area contributed by atoms with E-state index in [1.165, 1.54) is 36.7 Å². The van der Waals surface area contributed by atoms with Crippen LogP contribution in [0.25, 0.3) is 0 Å². The Labute approximate surface area is 194 Å². The van der Waals surface area contributed by atoms with Gasteiger partial charge < -0.3 is 14.4 Å². The first kappa shape index (κ1) is 23.3. The molecule has 2 aromatic carbocycles. The molecule has 2 aliphatic heterocycles. The number of esters is 1. The number of sulfonamides is 1. The van der Waals surface area contributed by atoms with Crippen LogP contribution < -0.4 is 9.64 Å². The van der Waals surface area contributed by atoms with E-state index in [1.54, 1.807) is 23.1 Å². The summed E-state index contributed by atoms with van der Waals surface area (Å²) in [5.41, 5.74) is 2.17. The molecule has 2 aromatic rings. The number of fused-ring (bicyclic) bond motifs is 1. The minimum absolute atomic E-state index is 0.0917. The van der Waals surface area contributed by atoms with Gasteiger partial charge in [0.05, 0.1) is 30.2 Å². The Morgan fingerprint density at radius 3 is 2.30 bits per heavy atom. The molecule has 0 radical (unpaired) electrons. The molecule has 1 fully saturated rings. The molecule has 0 N–H and O–H groups in total. The summed E-state index contributed by atoms with van der Waals surface area (Å²) in [6.45, 7) is 1.39. The first-order valence-corrected chi connectivity index (χ1v) is 12.5. The van der Waals surface area contributed by atoms with Crippen molar-refractivity contribution in [2.24, 2.45) is 0 Å². The number of hydrogen-bond donors (Lipinski definition) is 0. The maximum Gasteiger partial charge on any atom is 0.337 e. The van der Waals surface area contributed by atoms with Crippen LogP contribution in [0.1, 0.15) is 52.0 Å². The SMILES string of the molecule is COC(=O)c1ccc2c(c1)CCN2C(=O)c1cc(S(=O)(=O)N2CCCCCC2)ccc1OC. The van der Waals surface area contributed by atoms with Gasteiger partial charge in [0.15, 0.2) is 0 Å². The molecular formula is C24H28N2O6S. The first-order valence-electron chi connectivity index (χ1n) is 11.1. The van der Waals surface area contributed by atoms with Crippen LogP contribution in [0.2, 0.25) is 0 Å². The van der Waals surface area contributed by atoms with Gasteiger partial charge in [-0.2, -0.15) is 4.31 Å². The van der Waals surface area contributed by atoms with Gasteiger partial charge in [0.1, 0.15) is 5.75 Å². The molecule has 0 bridgehead atoms. The van der Waals surface area contributed by atoms with Gasteiger partial charge in [0, 0.05) is 25.3 Å². The topological polar surface area (TPSA) is 93.2 Å². The highest BCUT2D eigenvalue weighted by Crippen LogP contribution is 2.33. The average Bonchev–Trinajstić information content (AvgIpc) is 3.05. The zero-order valence-electron chi connectivity index (χ0n) is 18.9. The predicted octanol–water partition coefficient (Wildman–Crippen LogP) is 3.25. The fourth-order valence-corrected chi connectivity index (χ4v) is 5.99. The van der Waals surface area contributed by atoms with Gasteiger partial charge in [-0.3, -0.25) is 4.79 Å². The summed E-state index contributed by atoms with van der Waals surface area (Å²) < 4.78 is 38.2. The minimum Gasteiger partial charge on any atom is -0.496 e. The molecular weight excluding hydrogens is 444 g/mol. The van der Waals surface area contributed by atoms with Crippen LogP contribution >= 0.6 is 0 Å². The van der Waals surface area contributed by atoms with Crippen molar-refractivity contribution in [3.63, 3.8) is 0 Å². The monoisotopic (exact) mass is 472 g/mol. The third-order valence-electron chi connectivity index (χ3n) is 6.25. The fourth-order valence-electron chi connectivity index (χ4n) is 4.45. The second-order valence-electron chi connectivity index (χ2n) is 8.22. The van der Waals surface area contributed by atoms with E-state index in [2.05, 4.69) is 0 Å². The van der Waals surface area contributed by atoms with Crippen LogP contribution in [0.4, 0.5) is 5.69 Å². The molecule has 0 unspecified atom stereocenters. The van der Waals surface area contributed by atoms with E-state index >= 15 is 0 Å². The highest BCUT2D eigenvalue weighted by molar-refractivity contribution is 7.89. The Morgan fingerprint density at radius 1 is 0.909 bits per heavy atom. The number of rotatable bonds is 5. The molecule has 176 valence electrons. The summed E-state index contributed by atoms with van der Waals surface area (Å²) in [5.74, 6) is -0.463. The highest BCUT2D eigenvalue weighted by atomic mass is 32.2.